The van der Waals surface area contributed by atoms with E-state index in [4.69, 9.17) is 4.74 Å². The van der Waals surface area contributed by atoms with E-state index in [0.29, 0.717) is 11.8 Å². The molecule has 1 N–H and O–H groups in total. The quantitative estimate of drug-likeness (QED) is 0.639. The van der Waals surface area contributed by atoms with Gasteiger partial charge in [0.15, 0.2) is 0 Å². The largest absolute Gasteiger partial charge is 0.441 e. The number of hydrogen-bond donors (Lipinski definition) is 1. The first-order chi connectivity index (χ1) is 13.9. The molecule has 1 aliphatic heterocycles. The lowest BCUT2D eigenvalue weighted by atomic mass is 9.96. The maximum absolute atomic E-state index is 12.5. The number of carbonyl (C=O) groups excluding carboxylic acids is 1. The van der Waals surface area contributed by atoms with Crippen molar-refractivity contribution in [3.8, 4) is 0 Å². The number of cyclic esters (lactones) is 1. The molecule has 0 saturated carbocycles. The fraction of sp³-hybridized carbons (Fsp3) is 0.348. The van der Waals surface area contributed by atoms with E-state index in [1.165, 1.54) is 10.8 Å². The molecular formula is C23H26N4O2. The fourth-order valence-corrected chi connectivity index (χ4v) is 4.01. The van der Waals surface area contributed by atoms with E-state index in [0.717, 1.165) is 12.0 Å². The number of carbonyl (C=O) groups is 1. The number of ether oxygens (including phenoxy) is 1. The standard InChI is InChI=1S/C23H26N4O2/c1-5-19-23(3,4)29-22(28)27(19)20-12-13-24-21(26-20)25-15(2)17-11-10-16-8-6-7-9-18(16)14-17/h6-15,19H,5H2,1-4H3,(H,24,25,26). The summed E-state index contributed by atoms with van der Waals surface area (Å²) in [6.45, 7) is 7.98. The normalized spacial score (nSPS) is 19.2. The van der Waals surface area contributed by atoms with Crippen LogP contribution in [0.5, 0.6) is 0 Å². The molecule has 2 heterocycles. The summed E-state index contributed by atoms with van der Waals surface area (Å²) in [5.74, 6) is 1.03. The maximum atomic E-state index is 12.5. The van der Waals surface area contributed by atoms with Crippen molar-refractivity contribution in [2.45, 2.75) is 51.8 Å². The number of anilines is 2. The Morgan fingerprint density at radius 3 is 2.69 bits per heavy atom. The number of fused-ring (bicyclic) bond motifs is 1. The fourth-order valence-electron chi connectivity index (χ4n) is 4.01. The Bertz CT molecular complexity index is 1050. The predicted molar refractivity (Wildman–Crippen MR) is 115 cm³/mol. The topological polar surface area (TPSA) is 67.4 Å². The lowest BCUT2D eigenvalue weighted by molar-refractivity contribution is 0.0678. The smallest absolute Gasteiger partial charge is 0.416 e. The molecule has 0 radical (unpaired) electrons. The molecule has 0 aliphatic carbocycles. The predicted octanol–water partition coefficient (Wildman–Crippen LogP) is 5.32. The Kier molecular flexibility index (Phi) is 4.86. The monoisotopic (exact) mass is 390 g/mol. The number of rotatable bonds is 5. The van der Waals surface area contributed by atoms with Crippen LogP contribution >= 0.6 is 0 Å². The molecule has 1 saturated heterocycles. The van der Waals surface area contributed by atoms with Crippen LogP contribution in [0.3, 0.4) is 0 Å². The maximum Gasteiger partial charge on any atom is 0.416 e. The van der Waals surface area contributed by atoms with Crippen molar-refractivity contribution in [2.24, 2.45) is 0 Å². The van der Waals surface area contributed by atoms with Gasteiger partial charge in [0.2, 0.25) is 5.95 Å². The van der Waals surface area contributed by atoms with Crippen LogP contribution in [-0.4, -0.2) is 27.7 Å². The van der Waals surface area contributed by atoms with Gasteiger partial charge in [0, 0.05) is 6.20 Å². The zero-order valence-electron chi connectivity index (χ0n) is 17.2. The lowest BCUT2D eigenvalue weighted by Gasteiger charge is -2.27. The van der Waals surface area contributed by atoms with Crippen LogP contribution in [0.15, 0.2) is 54.7 Å². The van der Waals surface area contributed by atoms with Crippen LogP contribution in [-0.2, 0) is 4.74 Å². The number of nitrogens with one attached hydrogen (secondary N) is 1. The molecule has 29 heavy (non-hydrogen) atoms. The van der Waals surface area contributed by atoms with E-state index < -0.39 is 5.60 Å². The summed E-state index contributed by atoms with van der Waals surface area (Å²) in [5.41, 5.74) is 0.591. The van der Waals surface area contributed by atoms with Gasteiger partial charge >= 0.3 is 6.09 Å². The van der Waals surface area contributed by atoms with Gasteiger partial charge in [0.25, 0.3) is 0 Å². The third-order valence-electron chi connectivity index (χ3n) is 5.55. The van der Waals surface area contributed by atoms with Crippen molar-refractivity contribution in [1.29, 1.82) is 0 Å². The number of amides is 1. The van der Waals surface area contributed by atoms with Gasteiger partial charge in [0.1, 0.15) is 11.4 Å². The average Bonchev–Trinajstić information content (AvgIpc) is 2.95. The molecule has 3 aromatic rings. The second-order valence-electron chi connectivity index (χ2n) is 7.98. The molecule has 1 amide bonds. The van der Waals surface area contributed by atoms with Crippen LogP contribution in [0.2, 0.25) is 0 Å². The van der Waals surface area contributed by atoms with Crippen molar-refractivity contribution in [1.82, 2.24) is 9.97 Å². The Morgan fingerprint density at radius 2 is 1.93 bits per heavy atom. The Balaban J connectivity index is 1.58. The lowest BCUT2D eigenvalue weighted by Crippen LogP contribution is -2.41. The number of benzene rings is 2. The third kappa shape index (κ3) is 3.62. The zero-order chi connectivity index (χ0) is 20.6. The van der Waals surface area contributed by atoms with E-state index in [-0.39, 0.29) is 18.2 Å². The van der Waals surface area contributed by atoms with Crippen LogP contribution in [0.25, 0.3) is 10.8 Å². The summed E-state index contributed by atoms with van der Waals surface area (Å²) < 4.78 is 5.56. The van der Waals surface area contributed by atoms with Crippen LogP contribution < -0.4 is 10.2 Å². The Labute approximate surface area is 170 Å². The second kappa shape index (κ2) is 7.35. The second-order valence-corrected chi connectivity index (χ2v) is 7.98. The van der Waals surface area contributed by atoms with Gasteiger partial charge in [-0.05, 0) is 55.7 Å². The van der Waals surface area contributed by atoms with Crippen molar-refractivity contribution in [2.75, 3.05) is 10.2 Å². The Morgan fingerprint density at radius 1 is 1.17 bits per heavy atom. The van der Waals surface area contributed by atoms with E-state index in [1.54, 1.807) is 17.2 Å². The molecule has 4 rings (SSSR count). The first-order valence-corrected chi connectivity index (χ1v) is 9.99. The molecule has 1 aromatic heterocycles. The summed E-state index contributed by atoms with van der Waals surface area (Å²) in [6.07, 6.45) is 2.08. The van der Waals surface area contributed by atoms with Crippen LogP contribution in [0.1, 0.15) is 45.7 Å². The number of hydrogen-bond acceptors (Lipinski definition) is 5. The SMILES string of the molecule is CCC1N(c2ccnc(NC(C)c3ccc4ccccc4c3)n2)C(=O)OC1(C)C. The molecule has 1 fully saturated rings. The highest BCUT2D eigenvalue weighted by atomic mass is 16.6. The minimum Gasteiger partial charge on any atom is -0.441 e. The van der Waals surface area contributed by atoms with Gasteiger partial charge in [-0.3, -0.25) is 4.90 Å². The van der Waals surface area contributed by atoms with E-state index in [9.17, 15) is 4.79 Å². The molecule has 2 atom stereocenters. The minimum absolute atomic E-state index is 0.0128. The van der Waals surface area contributed by atoms with Crippen molar-refractivity contribution in [3.63, 3.8) is 0 Å². The molecule has 6 nitrogen and oxygen atoms in total. The van der Waals surface area contributed by atoms with E-state index in [1.807, 2.05) is 32.9 Å². The molecule has 2 aromatic carbocycles. The molecule has 6 heteroatoms. The van der Waals surface area contributed by atoms with Crippen LogP contribution in [0.4, 0.5) is 16.6 Å². The van der Waals surface area contributed by atoms with Gasteiger partial charge in [0.05, 0.1) is 12.1 Å². The molecule has 0 bridgehead atoms. The summed E-state index contributed by atoms with van der Waals surface area (Å²) >= 11 is 0. The minimum atomic E-state index is -0.553. The summed E-state index contributed by atoms with van der Waals surface area (Å²) in [4.78, 5) is 23.0. The highest BCUT2D eigenvalue weighted by Gasteiger charge is 2.48. The van der Waals surface area contributed by atoms with Crippen molar-refractivity contribution in [3.05, 3.63) is 60.3 Å². The van der Waals surface area contributed by atoms with E-state index in [2.05, 4.69) is 52.5 Å². The van der Waals surface area contributed by atoms with Gasteiger partial charge < -0.3 is 10.1 Å². The molecule has 150 valence electrons. The summed E-state index contributed by atoms with van der Waals surface area (Å²) in [6, 6.07) is 16.4. The van der Waals surface area contributed by atoms with Gasteiger partial charge in [-0.2, -0.15) is 4.98 Å². The number of nitrogens with zero attached hydrogens (tertiary/aromatic N) is 3. The van der Waals surface area contributed by atoms with E-state index >= 15 is 0 Å². The molecule has 0 spiro atoms. The summed E-state index contributed by atoms with van der Waals surface area (Å²) in [7, 11) is 0. The van der Waals surface area contributed by atoms with Crippen molar-refractivity contribution >= 4 is 28.6 Å². The first kappa shape index (κ1) is 19.2. The van der Waals surface area contributed by atoms with Gasteiger partial charge in [-0.15, -0.1) is 0 Å². The highest BCUT2D eigenvalue weighted by molar-refractivity contribution is 5.90. The third-order valence-corrected chi connectivity index (χ3v) is 5.55. The highest BCUT2D eigenvalue weighted by Crippen LogP contribution is 2.34. The average molecular weight is 390 g/mol. The molecule has 2 unspecified atom stereocenters. The molecular weight excluding hydrogens is 364 g/mol. The molecule has 1 aliphatic rings. The number of aromatic nitrogens is 2. The van der Waals surface area contributed by atoms with Gasteiger partial charge in [-0.25, -0.2) is 9.78 Å². The van der Waals surface area contributed by atoms with Gasteiger partial charge in [-0.1, -0.05) is 43.3 Å². The summed E-state index contributed by atoms with van der Waals surface area (Å²) in [5, 5.41) is 5.76. The van der Waals surface area contributed by atoms with Crippen molar-refractivity contribution < 1.29 is 9.53 Å². The zero-order valence-corrected chi connectivity index (χ0v) is 17.2. The van der Waals surface area contributed by atoms with Crippen LogP contribution in [0, 0.1) is 0 Å². The first-order valence-electron chi connectivity index (χ1n) is 9.99. The Hall–Kier alpha value is -3.15.